The smallest absolute Gasteiger partial charge is 0.322 e. The number of hydrogen-bond acceptors (Lipinski definition) is 5. The molecule has 0 aliphatic carbocycles. The second-order valence-corrected chi connectivity index (χ2v) is 3.93. The van der Waals surface area contributed by atoms with Gasteiger partial charge in [0.25, 0.3) is 5.91 Å². The van der Waals surface area contributed by atoms with Gasteiger partial charge in [0.2, 0.25) is 11.8 Å². The molecule has 0 fully saturated rings. The average molecular weight is 297 g/mol. The Morgan fingerprint density at radius 2 is 1.76 bits per heavy atom. The van der Waals surface area contributed by atoms with E-state index in [0.717, 1.165) is 0 Å². The molecular formula is C12H15N3O6. The third kappa shape index (κ3) is 6.76. The Bertz CT molecular complexity index is 511. The highest BCUT2D eigenvalue weighted by Crippen LogP contribution is 1.98. The number of carbonyl (C=O) groups is 4. The number of carboxylic acid groups (broad SMARTS) is 1. The van der Waals surface area contributed by atoms with Crippen LogP contribution in [0.25, 0.3) is 0 Å². The number of rotatable bonds is 8. The molecule has 0 atom stereocenters. The topological polar surface area (TPSA) is 138 Å². The van der Waals surface area contributed by atoms with Crippen LogP contribution < -0.4 is 16.0 Å². The molecule has 0 aliphatic heterocycles. The molecule has 21 heavy (non-hydrogen) atoms. The first-order valence-corrected chi connectivity index (χ1v) is 6.06. The molecule has 1 heterocycles. The molecule has 1 rings (SSSR count). The first kappa shape index (κ1) is 16.2. The summed E-state index contributed by atoms with van der Waals surface area (Å²) in [6, 6.07) is 3.06. The zero-order valence-corrected chi connectivity index (χ0v) is 11.0. The largest absolute Gasteiger partial charge is 0.480 e. The molecule has 0 spiro atoms. The lowest BCUT2D eigenvalue weighted by Gasteiger charge is -2.06. The van der Waals surface area contributed by atoms with E-state index in [9.17, 15) is 19.2 Å². The molecule has 0 unspecified atom stereocenters. The van der Waals surface area contributed by atoms with E-state index in [0.29, 0.717) is 0 Å². The monoisotopic (exact) mass is 297 g/mol. The summed E-state index contributed by atoms with van der Waals surface area (Å²) in [5, 5.41) is 15.2. The standard InChI is InChI=1S/C12H15N3O6/c16-9(14-6-10(17)15-7-11(18)19)3-4-13-12(20)8-2-1-5-21-8/h1-2,5H,3-4,6-7H2,(H,13,20)(H,14,16)(H,15,17)(H,18,19). The van der Waals surface area contributed by atoms with Crippen molar-refractivity contribution in [1.29, 1.82) is 0 Å². The van der Waals surface area contributed by atoms with Gasteiger partial charge in [-0.05, 0) is 12.1 Å². The van der Waals surface area contributed by atoms with Crippen LogP contribution in [0.5, 0.6) is 0 Å². The predicted molar refractivity (Wildman–Crippen MR) is 69.3 cm³/mol. The Morgan fingerprint density at radius 1 is 1.05 bits per heavy atom. The fourth-order valence-corrected chi connectivity index (χ4v) is 1.29. The number of carbonyl (C=O) groups excluding carboxylic acids is 3. The number of furan rings is 1. The number of amides is 3. The Kier molecular flexibility index (Phi) is 6.45. The van der Waals surface area contributed by atoms with Crippen LogP contribution in [0.3, 0.4) is 0 Å². The van der Waals surface area contributed by atoms with Gasteiger partial charge in [-0.3, -0.25) is 19.2 Å². The van der Waals surface area contributed by atoms with Crippen LogP contribution in [0, 0.1) is 0 Å². The molecule has 0 bridgehead atoms. The lowest BCUT2D eigenvalue weighted by atomic mass is 10.3. The molecule has 0 saturated heterocycles. The predicted octanol–water partition coefficient (Wildman–Crippen LogP) is -1.28. The van der Waals surface area contributed by atoms with Gasteiger partial charge in [0.15, 0.2) is 5.76 Å². The maximum Gasteiger partial charge on any atom is 0.322 e. The quantitative estimate of drug-likeness (QED) is 0.471. The van der Waals surface area contributed by atoms with E-state index in [1.165, 1.54) is 12.3 Å². The first-order valence-electron chi connectivity index (χ1n) is 6.06. The number of carboxylic acids is 1. The van der Waals surface area contributed by atoms with Gasteiger partial charge in [-0.15, -0.1) is 0 Å². The van der Waals surface area contributed by atoms with Gasteiger partial charge in [0, 0.05) is 13.0 Å². The molecule has 1 aromatic rings. The van der Waals surface area contributed by atoms with Crippen molar-refractivity contribution >= 4 is 23.7 Å². The van der Waals surface area contributed by atoms with Gasteiger partial charge in [-0.1, -0.05) is 0 Å². The summed E-state index contributed by atoms with van der Waals surface area (Å²) in [7, 11) is 0. The molecule has 3 amide bonds. The molecular weight excluding hydrogens is 282 g/mol. The fraction of sp³-hybridized carbons (Fsp3) is 0.333. The Balaban J connectivity index is 2.12. The van der Waals surface area contributed by atoms with Crippen molar-refractivity contribution in [2.75, 3.05) is 19.6 Å². The zero-order valence-electron chi connectivity index (χ0n) is 11.0. The minimum atomic E-state index is -1.17. The van der Waals surface area contributed by atoms with Crippen molar-refractivity contribution in [1.82, 2.24) is 16.0 Å². The van der Waals surface area contributed by atoms with Crippen molar-refractivity contribution in [2.45, 2.75) is 6.42 Å². The molecule has 9 nitrogen and oxygen atoms in total. The van der Waals surface area contributed by atoms with Gasteiger partial charge in [-0.25, -0.2) is 0 Å². The number of hydrogen-bond donors (Lipinski definition) is 4. The maximum absolute atomic E-state index is 11.4. The first-order chi connectivity index (χ1) is 9.99. The van der Waals surface area contributed by atoms with Gasteiger partial charge in [0.05, 0.1) is 12.8 Å². The highest BCUT2D eigenvalue weighted by atomic mass is 16.4. The lowest BCUT2D eigenvalue weighted by Crippen LogP contribution is -2.39. The van der Waals surface area contributed by atoms with E-state index in [-0.39, 0.29) is 25.3 Å². The molecule has 0 saturated carbocycles. The second kappa shape index (κ2) is 8.35. The molecule has 9 heteroatoms. The Morgan fingerprint density at radius 3 is 2.38 bits per heavy atom. The van der Waals surface area contributed by atoms with Crippen LogP contribution >= 0.6 is 0 Å². The van der Waals surface area contributed by atoms with Crippen molar-refractivity contribution < 1.29 is 28.7 Å². The summed E-state index contributed by atoms with van der Waals surface area (Å²) in [5.41, 5.74) is 0. The molecule has 0 radical (unpaired) electrons. The van der Waals surface area contributed by atoms with E-state index in [2.05, 4.69) is 16.0 Å². The van der Waals surface area contributed by atoms with Crippen molar-refractivity contribution in [3.05, 3.63) is 24.2 Å². The van der Waals surface area contributed by atoms with Crippen molar-refractivity contribution in [2.24, 2.45) is 0 Å². The van der Waals surface area contributed by atoms with Gasteiger partial charge >= 0.3 is 5.97 Å². The zero-order chi connectivity index (χ0) is 15.7. The summed E-state index contributed by atoms with van der Waals surface area (Å²) < 4.78 is 4.86. The summed E-state index contributed by atoms with van der Waals surface area (Å²) in [6.45, 7) is -0.742. The third-order valence-corrected chi connectivity index (χ3v) is 2.27. The average Bonchev–Trinajstić information content (AvgIpc) is 2.97. The third-order valence-electron chi connectivity index (χ3n) is 2.27. The van der Waals surface area contributed by atoms with Gasteiger partial charge < -0.3 is 25.5 Å². The fourth-order valence-electron chi connectivity index (χ4n) is 1.29. The van der Waals surface area contributed by atoms with Crippen LogP contribution in [0.2, 0.25) is 0 Å². The summed E-state index contributed by atoms with van der Waals surface area (Å²) in [6.07, 6.45) is 1.34. The highest BCUT2D eigenvalue weighted by molar-refractivity contribution is 5.91. The van der Waals surface area contributed by atoms with Gasteiger partial charge in [-0.2, -0.15) is 0 Å². The normalized spacial score (nSPS) is 9.71. The molecule has 4 N–H and O–H groups in total. The molecule has 0 aromatic carbocycles. The Labute approximate surface area is 119 Å². The lowest BCUT2D eigenvalue weighted by molar-refractivity contribution is -0.137. The number of nitrogens with one attached hydrogen (secondary N) is 3. The SMILES string of the molecule is O=C(O)CNC(=O)CNC(=O)CCNC(=O)c1ccco1. The van der Waals surface area contributed by atoms with E-state index in [1.807, 2.05) is 0 Å². The van der Waals surface area contributed by atoms with Crippen LogP contribution in [-0.4, -0.2) is 48.4 Å². The van der Waals surface area contributed by atoms with Gasteiger partial charge in [0.1, 0.15) is 6.54 Å². The molecule has 1 aromatic heterocycles. The highest BCUT2D eigenvalue weighted by Gasteiger charge is 2.09. The van der Waals surface area contributed by atoms with Crippen molar-refractivity contribution in [3.8, 4) is 0 Å². The summed E-state index contributed by atoms with van der Waals surface area (Å²) in [5.74, 6) is -2.52. The van der Waals surface area contributed by atoms with Crippen LogP contribution in [0.1, 0.15) is 17.0 Å². The number of aliphatic carboxylic acids is 1. The summed E-state index contributed by atoms with van der Waals surface area (Å²) >= 11 is 0. The maximum atomic E-state index is 11.4. The summed E-state index contributed by atoms with van der Waals surface area (Å²) in [4.78, 5) is 44.1. The van der Waals surface area contributed by atoms with E-state index >= 15 is 0 Å². The van der Waals surface area contributed by atoms with E-state index < -0.39 is 30.2 Å². The Hall–Kier alpha value is -2.84. The molecule has 0 aliphatic rings. The van der Waals surface area contributed by atoms with E-state index in [1.54, 1.807) is 6.07 Å². The second-order valence-electron chi connectivity index (χ2n) is 3.93. The molecule has 114 valence electrons. The minimum Gasteiger partial charge on any atom is -0.480 e. The van der Waals surface area contributed by atoms with Crippen molar-refractivity contribution in [3.63, 3.8) is 0 Å². The van der Waals surface area contributed by atoms with Crippen LogP contribution in [-0.2, 0) is 14.4 Å². The van der Waals surface area contributed by atoms with Crippen LogP contribution in [0.15, 0.2) is 22.8 Å². The van der Waals surface area contributed by atoms with E-state index in [4.69, 9.17) is 9.52 Å². The van der Waals surface area contributed by atoms with Crippen LogP contribution in [0.4, 0.5) is 0 Å². The minimum absolute atomic E-state index is 0.0152.